The first-order chi connectivity index (χ1) is 31.7. The molecular formula is C64H40. The number of rotatable bonds is 5. The van der Waals surface area contributed by atoms with E-state index < -0.39 is 0 Å². The molecule has 0 spiro atoms. The summed E-state index contributed by atoms with van der Waals surface area (Å²) in [5, 5.41) is 17.5. The number of hydrogen-bond acceptors (Lipinski definition) is 0. The molecule has 64 heavy (non-hydrogen) atoms. The van der Waals surface area contributed by atoms with Gasteiger partial charge >= 0.3 is 0 Å². The van der Waals surface area contributed by atoms with Gasteiger partial charge in [-0.25, -0.2) is 0 Å². The lowest BCUT2D eigenvalue weighted by molar-refractivity contribution is 1.65. The van der Waals surface area contributed by atoms with Crippen molar-refractivity contribution in [1.82, 2.24) is 0 Å². The first-order valence-electron chi connectivity index (χ1n) is 22.2. The van der Waals surface area contributed by atoms with Crippen LogP contribution in [0.3, 0.4) is 0 Å². The third-order valence-electron chi connectivity index (χ3n) is 13.6. The van der Waals surface area contributed by atoms with E-state index in [0.29, 0.717) is 0 Å². The fourth-order valence-corrected chi connectivity index (χ4v) is 10.6. The van der Waals surface area contributed by atoms with E-state index >= 15 is 0 Å². The summed E-state index contributed by atoms with van der Waals surface area (Å²) >= 11 is 0. The molecule has 0 heteroatoms. The Hall–Kier alpha value is -8.32. The summed E-state index contributed by atoms with van der Waals surface area (Å²) in [6.07, 6.45) is 0. The van der Waals surface area contributed by atoms with Crippen molar-refractivity contribution in [3.63, 3.8) is 0 Å². The molecule has 0 amide bonds. The monoisotopic (exact) mass is 808 g/mol. The highest BCUT2D eigenvalue weighted by atomic mass is 14.2. The summed E-state index contributed by atoms with van der Waals surface area (Å²) < 4.78 is 0. The second kappa shape index (κ2) is 14.7. The molecule has 0 atom stereocenters. The largest absolute Gasteiger partial charge is 0.0622 e. The Balaban J connectivity index is 0.999. The zero-order valence-electron chi connectivity index (χ0n) is 35.1. The maximum absolute atomic E-state index is 2.44. The van der Waals surface area contributed by atoms with E-state index in [1.807, 2.05) is 0 Å². The predicted molar refractivity (Wildman–Crippen MR) is 276 cm³/mol. The molecule has 13 aromatic rings. The van der Waals surface area contributed by atoms with Crippen LogP contribution in [-0.2, 0) is 0 Å². The van der Waals surface area contributed by atoms with Gasteiger partial charge in [0.15, 0.2) is 0 Å². The number of hydrogen-bond donors (Lipinski definition) is 0. The summed E-state index contributed by atoms with van der Waals surface area (Å²) in [6, 6.07) is 90.0. The Morgan fingerprint density at radius 3 is 0.891 bits per heavy atom. The third-order valence-corrected chi connectivity index (χ3v) is 13.6. The Kier molecular flexibility index (Phi) is 8.32. The first-order valence-corrected chi connectivity index (χ1v) is 22.2. The molecular weight excluding hydrogens is 769 g/mol. The lowest BCUT2D eigenvalue weighted by Gasteiger charge is -2.19. The van der Waals surface area contributed by atoms with Gasteiger partial charge in [-0.3, -0.25) is 0 Å². The quantitative estimate of drug-likeness (QED) is 0.152. The van der Waals surface area contributed by atoms with Gasteiger partial charge < -0.3 is 0 Å². The van der Waals surface area contributed by atoms with Gasteiger partial charge in [0.2, 0.25) is 0 Å². The summed E-state index contributed by atoms with van der Waals surface area (Å²) in [6.45, 7) is 0. The van der Waals surface area contributed by atoms with Gasteiger partial charge in [-0.2, -0.15) is 0 Å². The van der Waals surface area contributed by atoms with E-state index in [9.17, 15) is 0 Å². The summed E-state index contributed by atoms with van der Waals surface area (Å²) in [5.41, 5.74) is 12.4. The molecule has 13 aromatic carbocycles. The predicted octanol–water partition coefficient (Wildman–Crippen LogP) is 18.1. The fourth-order valence-electron chi connectivity index (χ4n) is 10.6. The molecule has 0 unspecified atom stereocenters. The summed E-state index contributed by atoms with van der Waals surface area (Å²) in [4.78, 5) is 0. The van der Waals surface area contributed by atoms with Crippen molar-refractivity contribution in [2.24, 2.45) is 0 Å². The molecule has 0 heterocycles. The van der Waals surface area contributed by atoms with Crippen molar-refractivity contribution in [2.45, 2.75) is 0 Å². The molecule has 0 aromatic heterocycles. The van der Waals surface area contributed by atoms with Crippen molar-refractivity contribution in [3.05, 3.63) is 243 Å². The zero-order valence-corrected chi connectivity index (χ0v) is 35.1. The molecule has 0 saturated heterocycles. The van der Waals surface area contributed by atoms with Crippen LogP contribution in [0.5, 0.6) is 0 Å². The average Bonchev–Trinajstić information content (AvgIpc) is 3.36. The van der Waals surface area contributed by atoms with Crippen molar-refractivity contribution in [2.75, 3.05) is 0 Å². The maximum atomic E-state index is 2.44. The fraction of sp³-hybridized carbons (Fsp3) is 0. The van der Waals surface area contributed by atoms with Gasteiger partial charge in [0, 0.05) is 0 Å². The SMILES string of the molecule is c1ccc(-c2c3ccccc3c(-c3ccc4cc(-c5ccc6c(-c7ccc8ccccc8c7)c7ccccc7c(-c7ccc8ccccc8c7)c6c5)ccc4c3)c3ccccc23)cc1. The Morgan fingerprint density at radius 2 is 0.422 bits per heavy atom. The molecule has 0 bridgehead atoms. The Morgan fingerprint density at radius 1 is 0.141 bits per heavy atom. The minimum atomic E-state index is 1.20. The minimum absolute atomic E-state index is 1.20. The van der Waals surface area contributed by atoms with Crippen molar-refractivity contribution in [1.29, 1.82) is 0 Å². The van der Waals surface area contributed by atoms with E-state index in [4.69, 9.17) is 0 Å². The van der Waals surface area contributed by atoms with E-state index in [0.717, 1.165) is 0 Å². The van der Waals surface area contributed by atoms with Crippen LogP contribution in [0.25, 0.3) is 131 Å². The molecule has 0 aliphatic heterocycles. The van der Waals surface area contributed by atoms with Crippen LogP contribution in [-0.4, -0.2) is 0 Å². The zero-order chi connectivity index (χ0) is 42.1. The van der Waals surface area contributed by atoms with Gasteiger partial charge in [-0.05, 0) is 161 Å². The first kappa shape index (κ1) is 36.3. The Labute approximate surface area is 371 Å². The van der Waals surface area contributed by atoms with Crippen LogP contribution < -0.4 is 0 Å². The van der Waals surface area contributed by atoms with E-state index in [1.54, 1.807) is 0 Å². The van der Waals surface area contributed by atoms with Crippen molar-refractivity contribution >= 4 is 75.4 Å². The average molecular weight is 809 g/mol. The van der Waals surface area contributed by atoms with Crippen LogP contribution in [0.15, 0.2) is 243 Å². The molecule has 0 fully saturated rings. The van der Waals surface area contributed by atoms with Gasteiger partial charge in [-0.15, -0.1) is 0 Å². The van der Waals surface area contributed by atoms with Crippen LogP contribution in [0.1, 0.15) is 0 Å². The molecule has 0 aliphatic rings. The topological polar surface area (TPSA) is 0 Å². The van der Waals surface area contributed by atoms with Gasteiger partial charge in [-0.1, -0.05) is 212 Å². The second-order valence-electron chi connectivity index (χ2n) is 17.2. The van der Waals surface area contributed by atoms with Gasteiger partial charge in [0.1, 0.15) is 0 Å². The van der Waals surface area contributed by atoms with E-state index in [2.05, 4.69) is 243 Å². The molecule has 13 rings (SSSR count). The van der Waals surface area contributed by atoms with Crippen LogP contribution >= 0.6 is 0 Å². The van der Waals surface area contributed by atoms with Gasteiger partial charge in [0.25, 0.3) is 0 Å². The normalized spacial score (nSPS) is 11.8. The standard InChI is InChI=1S/C64H40/c1-2-16-43(17-3-1)61-53-20-8-10-22-55(53)62(56-23-11-9-21-54(56)61)51-33-30-46-36-47(28-29-48(46)39-51)49-34-35-59-60(40-49)64(52-32-27-42-15-5-7-19-45(42)38-52)58-25-13-12-24-57(58)63(59)50-31-26-41-14-4-6-18-44(41)37-50/h1-40H. The minimum Gasteiger partial charge on any atom is -0.0622 e. The highest BCUT2D eigenvalue weighted by molar-refractivity contribution is 6.24. The number of fused-ring (bicyclic) bond motifs is 7. The molecule has 0 radical (unpaired) electrons. The maximum Gasteiger partial charge on any atom is -0.00259 e. The van der Waals surface area contributed by atoms with Crippen LogP contribution in [0, 0.1) is 0 Å². The van der Waals surface area contributed by atoms with Crippen LogP contribution in [0.4, 0.5) is 0 Å². The second-order valence-corrected chi connectivity index (χ2v) is 17.2. The highest BCUT2D eigenvalue weighted by Gasteiger charge is 2.20. The lowest BCUT2D eigenvalue weighted by Crippen LogP contribution is -1.92. The van der Waals surface area contributed by atoms with E-state index in [-0.39, 0.29) is 0 Å². The molecule has 0 aliphatic carbocycles. The third kappa shape index (κ3) is 5.84. The molecule has 0 saturated carbocycles. The summed E-state index contributed by atoms with van der Waals surface area (Å²) in [7, 11) is 0. The molecule has 0 nitrogen and oxygen atoms in total. The van der Waals surface area contributed by atoms with E-state index in [1.165, 1.54) is 131 Å². The lowest BCUT2D eigenvalue weighted by atomic mass is 9.84. The number of benzene rings is 13. The van der Waals surface area contributed by atoms with Gasteiger partial charge in [0.05, 0.1) is 0 Å². The van der Waals surface area contributed by atoms with Crippen LogP contribution in [0.2, 0.25) is 0 Å². The molecule has 296 valence electrons. The highest BCUT2D eigenvalue weighted by Crippen LogP contribution is 2.47. The smallest absolute Gasteiger partial charge is 0.00259 e. The molecule has 0 N–H and O–H groups in total. The van der Waals surface area contributed by atoms with Crippen molar-refractivity contribution < 1.29 is 0 Å². The van der Waals surface area contributed by atoms with Crippen molar-refractivity contribution in [3.8, 4) is 55.6 Å². The Bertz CT molecular complexity index is 3950. The summed E-state index contributed by atoms with van der Waals surface area (Å²) in [5.74, 6) is 0.